The Morgan fingerprint density at radius 1 is 1.07 bits per heavy atom. The molecule has 0 aliphatic heterocycles. The molecule has 0 atom stereocenters. The summed E-state index contributed by atoms with van der Waals surface area (Å²) in [6.07, 6.45) is 0.290. The summed E-state index contributed by atoms with van der Waals surface area (Å²) < 4.78 is 41.3. The van der Waals surface area contributed by atoms with Crippen LogP contribution in [0.3, 0.4) is 0 Å². The molecular formula is C10H19F3OSn. The van der Waals surface area contributed by atoms with Crippen LogP contribution in [-0.2, 0) is 3.07 Å². The van der Waals surface area contributed by atoms with Crippen molar-refractivity contribution >= 4 is 21.6 Å². The summed E-state index contributed by atoms with van der Waals surface area (Å²) in [5, 5.41) is 0. The summed E-state index contributed by atoms with van der Waals surface area (Å²) in [6, 6.07) is 0. The van der Waals surface area contributed by atoms with Gasteiger partial charge in [0, 0.05) is 0 Å². The van der Waals surface area contributed by atoms with E-state index in [0.717, 1.165) is 13.0 Å². The Morgan fingerprint density at radius 3 is 2.40 bits per heavy atom. The normalized spacial score (nSPS) is 12.0. The van der Waals surface area contributed by atoms with Gasteiger partial charge in [0.05, 0.1) is 0 Å². The molecule has 0 unspecified atom stereocenters. The molecule has 0 aromatic heterocycles. The molecule has 0 rings (SSSR count). The number of alkyl halides is 3. The van der Waals surface area contributed by atoms with Crippen LogP contribution in [0.4, 0.5) is 13.2 Å². The van der Waals surface area contributed by atoms with Crippen molar-refractivity contribution in [2.24, 2.45) is 0 Å². The molecule has 0 aromatic carbocycles. The first-order chi connectivity index (χ1) is 7.06. The van der Waals surface area contributed by atoms with Gasteiger partial charge in [0.15, 0.2) is 0 Å². The van der Waals surface area contributed by atoms with Crippen molar-refractivity contribution < 1.29 is 16.2 Å². The van der Waals surface area contributed by atoms with Crippen LogP contribution < -0.4 is 0 Å². The van der Waals surface area contributed by atoms with Crippen molar-refractivity contribution in [3.8, 4) is 0 Å². The first-order valence-corrected chi connectivity index (χ1v) is 8.66. The molecule has 0 N–H and O–H groups in total. The number of rotatable bonds is 9. The number of unbranched alkanes of at least 4 members (excludes halogenated alkanes) is 3. The minimum absolute atomic E-state index is 0.255. The molecule has 0 aromatic rings. The van der Waals surface area contributed by atoms with E-state index in [0.29, 0.717) is 4.44 Å². The van der Waals surface area contributed by atoms with Crippen LogP contribution in [0.25, 0.3) is 0 Å². The van der Waals surface area contributed by atoms with Gasteiger partial charge in [0.2, 0.25) is 0 Å². The van der Waals surface area contributed by atoms with E-state index in [2.05, 4.69) is 6.92 Å². The van der Waals surface area contributed by atoms with Crippen LogP contribution >= 0.6 is 0 Å². The Balaban J connectivity index is 2.99. The summed E-state index contributed by atoms with van der Waals surface area (Å²) >= 11 is -0.950. The Morgan fingerprint density at radius 2 is 1.80 bits per heavy atom. The summed E-state index contributed by atoms with van der Waals surface area (Å²) in [7, 11) is 0. The number of hydrogen-bond donors (Lipinski definition) is 0. The van der Waals surface area contributed by atoms with E-state index in [-0.39, 0.29) is 6.42 Å². The monoisotopic (exact) mass is 332 g/mol. The molecule has 0 aliphatic rings. The fourth-order valence-corrected chi connectivity index (χ4v) is 3.26. The van der Waals surface area contributed by atoms with Gasteiger partial charge >= 0.3 is 100 Å². The molecule has 0 saturated heterocycles. The Hall–Kier alpha value is 0.549. The molecule has 0 bridgehead atoms. The van der Waals surface area contributed by atoms with Crippen molar-refractivity contribution in [1.82, 2.24) is 0 Å². The van der Waals surface area contributed by atoms with Gasteiger partial charge in [0.25, 0.3) is 0 Å². The van der Waals surface area contributed by atoms with Gasteiger partial charge in [0.1, 0.15) is 0 Å². The molecule has 90 valence electrons. The number of hydrogen-bond acceptors (Lipinski definition) is 1. The van der Waals surface area contributed by atoms with Crippen LogP contribution in [0.1, 0.15) is 45.4 Å². The molecule has 0 amide bonds. The first-order valence-electron chi connectivity index (χ1n) is 5.47. The van der Waals surface area contributed by atoms with Gasteiger partial charge in [-0.25, -0.2) is 0 Å². The molecule has 0 fully saturated rings. The van der Waals surface area contributed by atoms with Gasteiger partial charge in [-0.05, 0) is 0 Å². The third kappa shape index (κ3) is 14.5. The zero-order valence-corrected chi connectivity index (χ0v) is 12.1. The van der Waals surface area contributed by atoms with Crippen molar-refractivity contribution in [3.63, 3.8) is 0 Å². The molecule has 2 radical (unpaired) electrons. The van der Waals surface area contributed by atoms with Gasteiger partial charge < -0.3 is 0 Å². The van der Waals surface area contributed by atoms with Crippen LogP contribution in [0.15, 0.2) is 0 Å². The predicted octanol–water partition coefficient (Wildman–Crippen LogP) is 3.96. The standard InChI is InChI=1S/C6H13O.C4H6F3.Sn/c1-2-3-4-5-6-7;1-2-3-4(5,6)7;/h2-6H2,1H3;1-3H2;/q-1;;+1. The SMILES string of the molecule is CCCCCC[O][Sn][CH2]CCC(F)(F)F. The predicted molar refractivity (Wildman–Crippen MR) is 55.9 cm³/mol. The molecule has 0 heterocycles. The third-order valence-corrected chi connectivity index (χ3v) is 4.70. The van der Waals surface area contributed by atoms with Crippen molar-refractivity contribution in [3.05, 3.63) is 0 Å². The Labute approximate surface area is 101 Å². The average Bonchev–Trinajstić information content (AvgIpc) is 2.14. The molecule has 1 nitrogen and oxygen atoms in total. The fourth-order valence-electron chi connectivity index (χ4n) is 1.11. The quantitative estimate of drug-likeness (QED) is 0.459. The van der Waals surface area contributed by atoms with Gasteiger partial charge in [-0.2, -0.15) is 0 Å². The molecule has 0 saturated carbocycles. The summed E-state index contributed by atoms with van der Waals surface area (Å²) in [5.41, 5.74) is 0. The third-order valence-electron chi connectivity index (χ3n) is 1.94. The minimum atomic E-state index is -3.99. The molecule has 5 heteroatoms. The van der Waals surface area contributed by atoms with Gasteiger partial charge in [-0.1, -0.05) is 0 Å². The van der Waals surface area contributed by atoms with Crippen LogP contribution in [0.5, 0.6) is 0 Å². The van der Waals surface area contributed by atoms with Gasteiger partial charge in [-0.3, -0.25) is 0 Å². The van der Waals surface area contributed by atoms with Crippen LogP contribution in [0, 0.1) is 0 Å². The van der Waals surface area contributed by atoms with Gasteiger partial charge in [-0.15, -0.1) is 0 Å². The Kier molecular flexibility index (Phi) is 10.1. The fraction of sp³-hybridized carbons (Fsp3) is 1.00. The van der Waals surface area contributed by atoms with E-state index in [1.165, 1.54) is 19.3 Å². The number of halogens is 3. The van der Waals surface area contributed by atoms with E-state index < -0.39 is 34.2 Å². The topological polar surface area (TPSA) is 9.23 Å². The summed E-state index contributed by atoms with van der Waals surface area (Å²) in [5.74, 6) is 0. The zero-order chi connectivity index (χ0) is 11.6. The second-order valence-corrected chi connectivity index (χ2v) is 6.60. The van der Waals surface area contributed by atoms with E-state index in [1.807, 2.05) is 0 Å². The molecule has 15 heavy (non-hydrogen) atoms. The second kappa shape index (κ2) is 9.75. The summed E-state index contributed by atoms with van der Waals surface area (Å²) in [4.78, 5) is 0. The van der Waals surface area contributed by atoms with Crippen molar-refractivity contribution in [2.45, 2.75) is 56.1 Å². The van der Waals surface area contributed by atoms with Crippen LogP contribution in [-0.4, -0.2) is 34.3 Å². The summed E-state index contributed by atoms with van der Waals surface area (Å²) in [6.45, 7) is 2.91. The maximum absolute atomic E-state index is 11.7. The van der Waals surface area contributed by atoms with E-state index >= 15 is 0 Å². The zero-order valence-electron chi connectivity index (χ0n) is 9.20. The Bertz CT molecular complexity index is 139. The van der Waals surface area contributed by atoms with Crippen molar-refractivity contribution in [1.29, 1.82) is 0 Å². The van der Waals surface area contributed by atoms with Crippen LogP contribution in [0.2, 0.25) is 4.44 Å². The molecule has 0 aliphatic carbocycles. The molecule has 0 spiro atoms. The van der Waals surface area contributed by atoms with E-state index in [9.17, 15) is 13.2 Å². The maximum atomic E-state index is 11.7. The van der Waals surface area contributed by atoms with E-state index in [1.54, 1.807) is 0 Å². The molecular weight excluding hydrogens is 312 g/mol. The average molecular weight is 331 g/mol. The first kappa shape index (κ1) is 15.5. The van der Waals surface area contributed by atoms with E-state index in [4.69, 9.17) is 3.07 Å². The second-order valence-electron chi connectivity index (χ2n) is 3.52. The van der Waals surface area contributed by atoms with Crippen molar-refractivity contribution in [2.75, 3.05) is 6.61 Å².